The molecule has 21 heavy (non-hydrogen) atoms. The van der Waals surface area contributed by atoms with Crippen LogP contribution >= 0.6 is 11.6 Å². The van der Waals surface area contributed by atoms with Gasteiger partial charge >= 0.3 is 0 Å². The van der Waals surface area contributed by atoms with Gasteiger partial charge in [-0.05, 0) is 37.1 Å². The first-order chi connectivity index (χ1) is 10.1. The number of benzene rings is 2. The largest absolute Gasteiger partial charge is 0.493 e. The Balaban J connectivity index is 1.72. The summed E-state index contributed by atoms with van der Waals surface area (Å²) >= 11 is 6.19. The van der Waals surface area contributed by atoms with Crippen molar-refractivity contribution >= 4 is 11.6 Å². The van der Waals surface area contributed by atoms with Gasteiger partial charge < -0.3 is 10.1 Å². The molecular formula is C18H20ClNO. The van der Waals surface area contributed by atoms with Gasteiger partial charge in [0, 0.05) is 29.6 Å². The van der Waals surface area contributed by atoms with Crippen LogP contribution in [0.15, 0.2) is 36.4 Å². The second-order valence-corrected chi connectivity index (χ2v) is 6.10. The van der Waals surface area contributed by atoms with Gasteiger partial charge in [-0.25, -0.2) is 0 Å². The Morgan fingerprint density at radius 2 is 2.00 bits per heavy atom. The number of halogens is 1. The molecule has 2 aromatic carbocycles. The Hall–Kier alpha value is -1.51. The Morgan fingerprint density at radius 3 is 2.76 bits per heavy atom. The Bertz CT molecular complexity index is 636. The maximum atomic E-state index is 6.19. The fraction of sp³-hybridized carbons (Fsp3) is 0.333. The van der Waals surface area contributed by atoms with Crippen LogP contribution in [0.4, 0.5) is 0 Å². The molecule has 2 nitrogen and oxygen atoms in total. The van der Waals surface area contributed by atoms with Crippen LogP contribution in [0.1, 0.15) is 35.2 Å². The molecular weight excluding hydrogens is 282 g/mol. The highest BCUT2D eigenvalue weighted by atomic mass is 35.5. The van der Waals surface area contributed by atoms with Gasteiger partial charge in [-0.2, -0.15) is 0 Å². The molecule has 0 aromatic heterocycles. The summed E-state index contributed by atoms with van der Waals surface area (Å²) < 4.78 is 5.74. The first-order valence-corrected chi connectivity index (χ1v) is 7.75. The lowest BCUT2D eigenvalue weighted by molar-refractivity contribution is 0.351. The van der Waals surface area contributed by atoms with E-state index in [0.717, 1.165) is 35.9 Å². The predicted molar refractivity (Wildman–Crippen MR) is 87.1 cm³/mol. The van der Waals surface area contributed by atoms with Crippen LogP contribution in [0.2, 0.25) is 5.02 Å². The van der Waals surface area contributed by atoms with E-state index in [9.17, 15) is 0 Å². The summed E-state index contributed by atoms with van der Waals surface area (Å²) in [5.41, 5.74) is 4.95. The molecule has 0 spiro atoms. The van der Waals surface area contributed by atoms with E-state index in [1.54, 1.807) is 0 Å². The first kappa shape index (κ1) is 14.4. The van der Waals surface area contributed by atoms with Crippen LogP contribution in [0.5, 0.6) is 5.75 Å². The SMILES string of the molecule is Cc1ccc([C@H](C)NCc2cc(Cl)cc3c2OCC3)cc1. The third-order valence-electron chi connectivity index (χ3n) is 4.00. The van der Waals surface area contributed by atoms with Crippen molar-refractivity contribution in [1.82, 2.24) is 5.32 Å². The highest BCUT2D eigenvalue weighted by molar-refractivity contribution is 6.30. The van der Waals surface area contributed by atoms with Crippen molar-refractivity contribution in [2.24, 2.45) is 0 Å². The zero-order valence-corrected chi connectivity index (χ0v) is 13.2. The van der Waals surface area contributed by atoms with Gasteiger partial charge in [0.2, 0.25) is 0 Å². The molecule has 0 saturated heterocycles. The van der Waals surface area contributed by atoms with Gasteiger partial charge in [0.05, 0.1) is 6.61 Å². The van der Waals surface area contributed by atoms with Gasteiger partial charge in [0.15, 0.2) is 0 Å². The molecule has 0 fully saturated rings. The highest BCUT2D eigenvalue weighted by Gasteiger charge is 2.18. The third kappa shape index (κ3) is 3.22. The number of hydrogen-bond acceptors (Lipinski definition) is 2. The quantitative estimate of drug-likeness (QED) is 0.902. The van der Waals surface area contributed by atoms with E-state index in [1.165, 1.54) is 16.7 Å². The van der Waals surface area contributed by atoms with Crippen LogP contribution in [0.25, 0.3) is 0 Å². The molecule has 2 aromatic rings. The average Bonchev–Trinajstić information content (AvgIpc) is 2.93. The molecule has 1 N–H and O–H groups in total. The maximum Gasteiger partial charge on any atom is 0.127 e. The van der Waals surface area contributed by atoms with E-state index < -0.39 is 0 Å². The third-order valence-corrected chi connectivity index (χ3v) is 4.22. The molecule has 3 heteroatoms. The molecule has 0 amide bonds. The fourth-order valence-corrected chi connectivity index (χ4v) is 2.98. The number of hydrogen-bond donors (Lipinski definition) is 1. The second-order valence-electron chi connectivity index (χ2n) is 5.66. The number of nitrogens with one attached hydrogen (secondary N) is 1. The average molecular weight is 302 g/mol. The van der Waals surface area contributed by atoms with Crippen LogP contribution in [-0.2, 0) is 13.0 Å². The predicted octanol–water partition coefficient (Wildman–Crippen LogP) is 4.43. The highest BCUT2D eigenvalue weighted by Crippen LogP contribution is 2.33. The normalized spacial score (nSPS) is 14.6. The minimum absolute atomic E-state index is 0.293. The summed E-state index contributed by atoms with van der Waals surface area (Å²) in [6.45, 7) is 5.80. The minimum Gasteiger partial charge on any atom is -0.493 e. The van der Waals surface area contributed by atoms with Gasteiger partial charge in [0.25, 0.3) is 0 Å². The zero-order chi connectivity index (χ0) is 14.8. The fourth-order valence-electron chi connectivity index (χ4n) is 2.71. The topological polar surface area (TPSA) is 21.3 Å². The van der Waals surface area contributed by atoms with Crippen LogP contribution in [0, 0.1) is 6.92 Å². The van der Waals surface area contributed by atoms with E-state index in [4.69, 9.17) is 16.3 Å². The number of aryl methyl sites for hydroxylation is 1. The monoisotopic (exact) mass is 301 g/mol. The van der Waals surface area contributed by atoms with Crippen molar-refractivity contribution in [1.29, 1.82) is 0 Å². The lowest BCUT2D eigenvalue weighted by Gasteiger charge is -2.16. The summed E-state index contributed by atoms with van der Waals surface area (Å²) in [7, 11) is 0. The van der Waals surface area contributed by atoms with Crippen LogP contribution < -0.4 is 10.1 Å². The second kappa shape index (κ2) is 6.08. The Labute approximate surface area is 131 Å². The van der Waals surface area contributed by atoms with Crippen LogP contribution in [-0.4, -0.2) is 6.61 Å². The minimum atomic E-state index is 0.293. The van der Waals surface area contributed by atoms with Gasteiger partial charge in [-0.1, -0.05) is 41.4 Å². The maximum absolute atomic E-state index is 6.19. The summed E-state index contributed by atoms with van der Waals surface area (Å²) in [5.74, 6) is 1.02. The van der Waals surface area contributed by atoms with E-state index in [1.807, 2.05) is 12.1 Å². The van der Waals surface area contributed by atoms with E-state index >= 15 is 0 Å². The molecule has 1 heterocycles. The lowest BCUT2D eigenvalue weighted by atomic mass is 10.0. The van der Waals surface area contributed by atoms with Crippen molar-refractivity contribution in [3.63, 3.8) is 0 Å². The summed E-state index contributed by atoms with van der Waals surface area (Å²) in [5, 5.41) is 4.34. The molecule has 1 atom stereocenters. The van der Waals surface area contributed by atoms with Crippen molar-refractivity contribution in [3.8, 4) is 5.75 Å². The summed E-state index contributed by atoms with van der Waals surface area (Å²) in [6, 6.07) is 12.9. The van der Waals surface area contributed by atoms with E-state index in [-0.39, 0.29) is 0 Å². The molecule has 1 aliphatic rings. The first-order valence-electron chi connectivity index (χ1n) is 7.37. The number of rotatable bonds is 4. The lowest BCUT2D eigenvalue weighted by Crippen LogP contribution is -2.18. The van der Waals surface area contributed by atoms with Crippen molar-refractivity contribution < 1.29 is 4.74 Å². The summed E-state index contributed by atoms with van der Waals surface area (Å²) in [4.78, 5) is 0. The van der Waals surface area contributed by atoms with Crippen molar-refractivity contribution in [2.75, 3.05) is 6.61 Å². The molecule has 1 aliphatic heterocycles. The van der Waals surface area contributed by atoms with Gasteiger partial charge in [-0.15, -0.1) is 0 Å². The van der Waals surface area contributed by atoms with Crippen molar-refractivity contribution in [2.45, 2.75) is 32.9 Å². The van der Waals surface area contributed by atoms with Crippen LogP contribution in [0.3, 0.4) is 0 Å². The number of fused-ring (bicyclic) bond motifs is 1. The zero-order valence-electron chi connectivity index (χ0n) is 12.4. The molecule has 0 radical (unpaired) electrons. The van der Waals surface area contributed by atoms with Gasteiger partial charge in [0.1, 0.15) is 5.75 Å². The standard InChI is InChI=1S/C18H20ClNO/c1-12-3-5-14(6-4-12)13(2)20-11-16-10-17(19)9-15-7-8-21-18(15)16/h3-6,9-10,13,20H,7-8,11H2,1-2H3/t13-/m0/s1. The molecule has 0 bridgehead atoms. The smallest absolute Gasteiger partial charge is 0.127 e. The summed E-state index contributed by atoms with van der Waals surface area (Å²) in [6.07, 6.45) is 0.955. The molecule has 0 unspecified atom stereocenters. The Kier molecular flexibility index (Phi) is 4.18. The van der Waals surface area contributed by atoms with Gasteiger partial charge in [-0.3, -0.25) is 0 Å². The van der Waals surface area contributed by atoms with Crippen molar-refractivity contribution in [3.05, 3.63) is 63.7 Å². The number of ether oxygens (including phenoxy) is 1. The molecule has 0 aliphatic carbocycles. The molecule has 3 rings (SSSR count). The van der Waals surface area contributed by atoms with E-state index in [0.29, 0.717) is 6.04 Å². The molecule has 110 valence electrons. The van der Waals surface area contributed by atoms with E-state index in [2.05, 4.69) is 43.4 Å². The Morgan fingerprint density at radius 1 is 1.24 bits per heavy atom. The molecule has 0 saturated carbocycles.